The number of carbonyl (C=O) groups is 1. The van der Waals surface area contributed by atoms with Crippen LogP contribution < -0.4 is 0 Å². The molecular formula is C8H19O2Sn. The molecule has 3 heteroatoms. The molecule has 0 spiro atoms. The van der Waals surface area contributed by atoms with Gasteiger partial charge >= 0.3 is 53.8 Å². The summed E-state index contributed by atoms with van der Waals surface area (Å²) in [6, 6.07) is 0. The zero-order chi connectivity index (χ0) is 9.28. The molecule has 1 N–H and O–H groups in total. The second kappa shape index (κ2) is 10.3. The summed E-state index contributed by atoms with van der Waals surface area (Å²) in [4.78, 5) is 9.00. The van der Waals surface area contributed by atoms with Gasteiger partial charge in [-0.3, -0.25) is 4.79 Å². The monoisotopic (exact) mass is 267 g/mol. The number of rotatable bonds is 3. The molecule has 0 heterocycles. The van der Waals surface area contributed by atoms with Crippen molar-refractivity contribution in [2.75, 3.05) is 0 Å². The van der Waals surface area contributed by atoms with Gasteiger partial charge in [0.2, 0.25) is 0 Å². The Balaban J connectivity index is 0. The van der Waals surface area contributed by atoms with Gasteiger partial charge in [0.1, 0.15) is 0 Å². The molecule has 0 rings (SSSR count). The Morgan fingerprint density at radius 1 is 1.18 bits per heavy atom. The Labute approximate surface area is 76.7 Å². The Hall–Kier alpha value is 0.269. The molecule has 0 aromatic heterocycles. The zero-order valence-electron chi connectivity index (χ0n) is 7.98. The Morgan fingerprint density at radius 3 is 1.36 bits per heavy atom. The molecule has 0 aliphatic rings. The first kappa shape index (κ1) is 13.8. The number of hydrogen-bond donors (Lipinski definition) is 1. The number of carboxylic acid groups (broad SMARTS) is 1. The molecule has 0 aromatic rings. The van der Waals surface area contributed by atoms with Gasteiger partial charge in [-0.2, -0.15) is 0 Å². The predicted molar refractivity (Wildman–Crippen MR) is 50.5 cm³/mol. The molecule has 0 unspecified atom stereocenters. The molecule has 0 aliphatic heterocycles. The van der Waals surface area contributed by atoms with Gasteiger partial charge < -0.3 is 5.11 Å². The van der Waals surface area contributed by atoms with Gasteiger partial charge in [-0.25, -0.2) is 0 Å². The summed E-state index contributed by atoms with van der Waals surface area (Å²) in [6.45, 7) is 8.13. The van der Waals surface area contributed by atoms with Crippen molar-refractivity contribution < 1.29 is 9.90 Å². The van der Waals surface area contributed by atoms with Crippen LogP contribution in [-0.2, 0) is 4.79 Å². The molecule has 0 amide bonds. The second-order valence-corrected chi connectivity index (χ2v) is 12.7. The van der Waals surface area contributed by atoms with Crippen molar-refractivity contribution in [2.24, 2.45) is 0 Å². The van der Waals surface area contributed by atoms with E-state index in [0.29, 0.717) is 0 Å². The van der Waals surface area contributed by atoms with Crippen LogP contribution in [0.15, 0.2) is 0 Å². The average molecular weight is 266 g/mol. The van der Waals surface area contributed by atoms with Crippen LogP contribution in [0.2, 0.25) is 13.3 Å². The fourth-order valence-electron chi connectivity index (χ4n) is 0.750. The SMILES string of the molecule is CC(=O)O.C[CH2][Sn]([CH2]C)[CH2]C. The summed E-state index contributed by atoms with van der Waals surface area (Å²) in [5.41, 5.74) is 0. The van der Waals surface area contributed by atoms with Crippen molar-refractivity contribution in [3.63, 3.8) is 0 Å². The predicted octanol–water partition coefficient (Wildman–Crippen LogP) is 2.63. The third kappa shape index (κ3) is 17.9. The van der Waals surface area contributed by atoms with Gasteiger partial charge in [0, 0.05) is 6.92 Å². The van der Waals surface area contributed by atoms with E-state index in [0.717, 1.165) is 6.92 Å². The summed E-state index contributed by atoms with van der Waals surface area (Å²) in [5.74, 6) is -0.833. The van der Waals surface area contributed by atoms with Gasteiger partial charge in [0.15, 0.2) is 0 Å². The van der Waals surface area contributed by atoms with Crippen LogP contribution in [0, 0.1) is 0 Å². The molecule has 2 nitrogen and oxygen atoms in total. The first-order chi connectivity index (χ1) is 5.08. The minimum atomic E-state index is -0.833. The van der Waals surface area contributed by atoms with Crippen LogP contribution in [0.3, 0.4) is 0 Å². The topological polar surface area (TPSA) is 37.3 Å². The van der Waals surface area contributed by atoms with E-state index in [1.807, 2.05) is 0 Å². The molecule has 1 radical (unpaired) electrons. The maximum absolute atomic E-state index is 9.00. The zero-order valence-corrected chi connectivity index (χ0v) is 10.8. The molecule has 67 valence electrons. The van der Waals surface area contributed by atoms with E-state index in [9.17, 15) is 0 Å². The quantitative estimate of drug-likeness (QED) is 0.797. The summed E-state index contributed by atoms with van der Waals surface area (Å²) < 4.78 is 4.65. The molecule has 0 bridgehead atoms. The molecular weight excluding hydrogens is 247 g/mol. The van der Waals surface area contributed by atoms with E-state index >= 15 is 0 Å². The Bertz CT molecular complexity index is 80.6. The molecule has 0 saturated carbocycles. The first-order valence-electron chi connectivity index (χ1n) is 4.11. The van der Waals surface area contributed by atoms with Gasteiger partial charge in [0.05, 0.1) is 0 Å². The van der Waals surface area contributed by atoms with Crippen LogP contribution in [0.1, 0.15) is 27.7 Å². The molecule has 0 saturated heterocycles. The average Bonchev–Trinajstić information content (AvgIpc) is 1.90. The van der Waals surface area contributed by atoms with E-state index in [1.165, 1.54) is 0 Å². The summed E-state index contributed by atoms with van der Waals surface area (Å²) in [6.07, 6.45) is 0. The van der Waals surface area contributed by atoms with Crippen molar-refractivity contribution in [1.82, 2.24) is 0 Å². The number of aliphatic carboxylic acids is 1. The first-order valence-corrected chi connectivity index (χ1v) is 10.2. The normalized spacial score (nSPS) is 8.82. The van der Waals surface area contributed by atoms with Crippen molar-refractivity contribution in [2.45, 2.75) is 41.0 Å². The standard InChI is InChI=1S/C2H4O2.3C2H5.Sn/c1-2(3)4;3*1-2;/h1H3,(H,3,4);3*1H2,2H3;. The second-order valence-electron chi connectivity index (χ2n) is 2.33. The molecule has 0 fully saturated rings. The minimum absolute atomic E-state index is 0.653. The van der Waals surface area contributed by atoms with E-state index in [4.69, 9.17) is 9.90 Å². The van der Waals surface area contributed by atoms with E-state index in [-0.39, 0.29) is 0 Å². The van der Waals surface area contributed by atoms with Crippen molar-refractivity contribution >= 4 is 25.7 Å². The van der Waals surface area contributed by atoms with Gasteiger partial charge in [0.25, 0.3) is 5.97 Å². The number of hydrogen-bond acceptors (Lipinski definition) is 1. The van der Waals surface area contributed by atoms with E-state index < -0.39 is 25.7 Å². The maximum atomic E-state index is 9.00. The van der Waals surface area contributed by atoms with Crippen LogP contribution in [-0.4, -0.2) is 30.8 Å². The third-order valence-corrected chi connectivity index (χ3v) is 10.1. The van der Waals surface area contributed by atoms with Crippen LogP contribution in [0.4, 0.5) is 0 Å². The van der Waals surface area contributed by atoms with Gasteiger partial charge in [-0.15, -0.1) is 0 Å². The Kier molecular flexibility index (Phi) is 12.9. The molecule has 0 aliphatic carbocycles. The third-order valence-electron chi connectivity index (χ3n) is 1.50. The summed E-state index contributed by atoms with van der Waals surface area (Å²) in [7, 11) is 0. The molecule has 11 heavy (non-hydrogen) atoms. The van der Waals surface area contributed by atoms with Crippen LogP contribution in [0.25, 0.3) is 0 Å². The van der Waals surface area contributed by atoms with Crippen molar-refractivity contribution in [3.8, 4) is 0 Å². The van der Waals surface area contributed by atoms with Crippen LogP contribution in [0.5, 0.6) is 0 Å². The fourth-order valence-corrected chi connectivity index (χ4v) is 5.03. The van der Waals surface area contributed by atoms with E-state index in [2.05, 4.69) is 20.8 Å². The molecule has 0 aromatic carbocycles. The summed E-state index contributed by atoms with van der Waals surface area (Å²) >= 11 is -0.653. The summed E-state index contributed by atoms with van der Waals surface area (Å²) in [5, 5.41) is 7.42. The van der Waals surface area contributed by atoms with E-state index in [1.54, 1.807) is 13.3 Å². The van der Waals surface area contributed by atoms with Crippen LogP contribution >= 0.6 is 0 Å². The van der Waals surface area contributed by atoms with Gasteiger partial charge in [-0.05, 0) is 0 Å². The van der Waals surface area contributed by atoms with Crippen molar-refractivity contribution in [3.05, 3.63) is 0 Å². The number of carboxylic acids is 1. The van der Waals surface area contributed by atoms with Gasteiger partial charge in [-0.1, -0.05) is 0 Å². The fraction of sp³-hybridized carbons (Fsp3) is 0.875. The van der Waals surface area contributed by atoms with Crippen molar-refractivity contribution in [1.29, 1.82) is 0 Å². The molecule has 0 atom stereocenters. The Morgan fingerprint density at radius 2 is 1.36 bits per heavy atom.